The molecule has 2 saturated heterocycles. The Kier molecular flexibility index (Phi) is 8.90. The number of amides is 2. The van der Waals surface area contributed by atoms with Gasteiger partial charge in [0.05, 0.1) is 5.92 Å². The number of carbonyl (C=O) groups is 2. The summed E-state index contributed by atoms with van der Waals surface area (Å²) in [5.41, 5.74) is 7.98. The molecule has 3 rings (SSSR count). The molecule has 0 radical (unpaired) electrons. The average molecular weight is 443 g/mol. The molecule has 1 aromatic carbocycles. The van der Waals surface area contributed by atoms with Crippen LogP contribution in [0.5, 0.6) is 0 Å². The van der Waals surface area contributed by atoms with Crippen molar-refractivity contribution in [1.29, 1.82) is 0 Å². The van der Waals surface area contributed by atoms with Crippen molar-refractivity contribution in [2.75, 3.05) is 40.3 Å². The van der Waals surface area contributed by atoms with Crippen molar-refractivity contribution < 1.29 is 9.59 Å². The first kappa shape index (κ1) is 24.0. The highest BCUT2D eigenvalue weighted by Gasteiger charge is 2.24. The second kappa shape index (κ2) is 11.9. The molecule has 32 heavy (non-hydrogen) atoms. The van der Waals surface area contributed by atoms with Gasteiger partial charge in [-0.3, -0.25) is 19.5 Å². The molecule has 8 heteroatoms. The summed E-state index contributed by atoms with van der Waals surface area (Å²) in [7, 11) is 3.52. The van der Waals surface area contributed by atoms with Crippen molar-refractivity contribution in [2.24, 2.45) is 22.6 Å². The van der Waals surface area contributed by atoms with E-state index in [1.165, 1.54) is 11.1 Å². The number of nitrogens with two attached hydrogens (primary N) is 1. The summed E-state index contributed by atoms with van der Waals surface area (Å²) in [5.74, 6) is 1.27. The molecule has 1 unspecified atom stereocenters. The summed E-state index contributed by atoms with van der Waals surface area (Å²) in [5, 5.41) is 6.22. The molecule has 0 aromatic heterocycles. The molecule has 2 aliphatic heterocycles. The fourth-order valence-corrected chi connectivity index (χ4v) is 4.75. The summed E-state index contributed by atoms with van der Waals surface area (Å²) in [6.07, 6.45) is 4.54. The van der Waals surface area contributed by atoms with Gasteiger partial charge in [0.25, 0.3) is 0 Å². The number of benzene rings is 1. The Labute approximate surface area is 191 Å². The van der Waals surface area contributed by atoms with Crippen LogP contribution in [-0.4, -0.2) is 67.8 Å². The molecule has 2 heterocycles. The van der Waals surface area contributed by atoms with E-state index in [0.29, 0.717) is 18.9 Å². The number of piperidine rings is 2. The molecular formula is C24H38N6O2. The molecule has 2 fully saturated rings. The summed E-state index contributed by atoms with van der Waals surface area (Å²) in [4.78, 5) is 32.2. The van der Waals surface area contributed by atoms with Gasteiger partial charge in [0.2, 0.25) is 11.8 Å². The molecule has 0 bridgehead atoms. The smallest absolute Gasteiger partial charge is 0.221 e. The monoisotopic (exact) mass is 442 g/mol. The maximum Gasteiger partial charge on any atom is 0.221 e. The lowest BCUT2D eigenvalue weighted by Crippen LogP contribution is -2.45. The number of hydrogen-bond acceptors (Lipinski definition) is 4. The molecule has 176 valence electrons. The van der Waals surface area contributed by atoms with Crippen LogP contribution in [0.2, 0.25) is 0 Å². The zero-order valence-corrected chi connectivity index (χ0v) is 19.5. The van der Waals surface area contributed by atoms with Gasteiger partial charge in [0.1, 0.15) is 0 Å². The average Bonchev–Trinajstić information content (AvgIpc) is 2.81. The van der Waals surface area contributed by atoms with Crippen molar-refractivity contribution in [3.63, 3.8) is 0 Å². The van der Waals surface area contributed by atoms with Gasteiger partial charge < -0.3 is 21.3 Å². The summed E-state index contributed by atoms with van der Waals surface area (Å²) in [6.45, 7) is 5.14. The molecule has 0 aliphatic carbocycles. The Hall–Kier alpha value is -2.61. The minimum atomic E-state index is -0.184. The quantitative estimate of drug-likeness (QED) is 0.436. The molecule has 8 nitrogen and oxygen atoms in total. The van der Waals surface area contributed by atoms with E-state index in [2.05, 4.69) is 49.7 Å². The van der Waals surface area contributed by atoms with E-state index in [1.807, 2.05) is 7.05 Å². The van der Waals surface area contributed by atoms with Crippen molar-refractivity contribution in [1.82, 2.24) is 20.4 Å². The van der Waals surface area contributed by atoms with Gasteiger partial charge in [-0.1, -0.05) is 24.3 Å². The molecule has 1 atom stereocenters. The summed E-state index contributed by atoms with van der Waals surface area (Å²) >= 11 is 0. The van der Waals surface area contributed by atoms with E-state index in [0.717, 1.165) is 64.4 Å². The van der Waals surface area contributed by atoms with Crippen LogP contribution in [-0.2, 0) is 22.7 Å². The predicted octanol–water partition coefficient (Wildman–Crippen LogP) is 1.31. The van der Waals surface area contributed by atoms with Crippen LogP contribution in [0.15, 0.2) is 29.3 Å². The number of likely N-dealkylation sites (tertiary alicyclic amines) is 2. The van der Waals surface area contributed by atoms with E-state index in [-0.39, 0.29) is 17.7 Å². The largest absolute Gasteiger partial charge is 0.369 e. The maximum atomic E-state index is 11.6. The van der Waals surface area contributed by atoms with Crippen LogP contribution >= 0.6 is 0 Å². The van der Waals surface area contributed by atoms with Crippen LogP contribution in [0.25, 0.3) is 0 Å². The van der Waals surface area contributed by atoms with Crippen molar-refractivity contribution in [2.45, 2.75) is 45.2 Å². The number of primary amides is 1. The molecule has 2 aliphatic rings. The van der Waals surface area contributed by atoms with Crippen LogP contribution in [0.3, 0.4) is 0 Å². The number of nitrogens with zero attached hydrogens (tertiary/aromatic N) is 3. The Morgan fingerprint density at radius 1 is 1.16 bits per heavy atom. The minimum absolute atomic E-state index is 0.0302. The number of guanidine groups is 1. The van der Waals surface area contributed by atoms with Crippen LogP contribution in [0.4, 0.5) is 0 Å². The maximum absolute atomic E-state index is 11.6. The lowest BCUT2D eigenvalue weighted by atomic mass is 9.93. The van der Waals surface area contributed by atoms with Gasteiger partial charge in [0, 0.05) is 53.2 Å². The normalized spacial score (nSPS) is 20.8. The molecule has 0 saturated carbocycles. The minimum Gasteiger partial charge on any atom is -0.369 e. The molecular weight excluding hydrogens is 404 g/mol. The van der Waals surface area contributed by atoms with E-state index >= 15 is 0 Å². The van der Waals surface area contributed by atoms with Crippen molar-refractivity contribution >= 4 is 17.8 Å². The Morgan fingerprint density at radius 2 is 1.91 bits per heavy atom. The van der Waals surface area contributed by atoms with Gasteiger partial charge in [-0.05, 0) is 49.3 Å². The fourth-order valence-electron chi connectivity index (χ4n) is 4.75. The van der Waals surface area contributed by atoms with Crippen molar-refractivity contribution in [3.8, 4) is 0 Å². The number of aliphatic imine (C=N–C) groups is 1. The van der Waals surface area contributed by atoms with E-state index in [9.17, 15) is 9.59 Å². The highest BCUT2D eigenvalue weighted by atomic mass is 16.1. The zero-order valence-electron chi connectivity index (χ0n) is 19.5. The highest BCUT2D eigenvalue weighted by molar-refractivity contribution is 5.80. The van der Waals surface area contributed by atoms with Crippen LogP contribution < -0.4 is 16.4 Å². The van der Waals surface area contributed by atoms with E-state index in [4.69, 9.17) is 5.73 Å². The second-order valence-corrected chi connectivity index (χ2v) is 9.01. The van der Waals surface area contributed by atoms with E-state index in [1.54, 1.807) is 7.05 Å². The van der Waals surface area contributed by atoms with Crippen molar-refractivity contribution in [3.05, 3.63) is 35.4 Å². The Morgan fingerprint density at radius 3 is 2.59 bits per heavy atom. The lowest BCUT2D eigenvalue weighted by molar-refractivity contribution is -0.123. The first-order valence-electron chi connectivity index (χ1n) is 11.7. The van der Waals surface area contributed by atoms with Gasteiger partial charge in [-0.2, -0.15) is 0 Å². The van der Waals surface area contributed by atoms with Gasteiger partial charge in [-0.25, -0.2) is 0 Å². The Balaban J connectivity index is 1.49. The standard InChI is InChI=1S/C24H38N6O2/c1-26-22(31)14-18-8-11-30(12-9-18)24(27-2)28-15-19-5-3-6-20(13-19)16-29-10-4-7-21(17-29)23(25)32/h3,5-6,13,18,21H,4,7-12,14-17H2,1-2H3,(H2,25,32)(H,26,31)(H,27,28). The molecule has 4 N–H and O–H groups in total. The third kappa shape index (κ3) is 6.95. The highest BCUT2D eigenvalue weighted by Crippen LogP contribution is 2.21. The van der Waals surface area contributed by atoms with Gasteiger partial charge >= 0.3 is 0 Å². The molecule has 0 spiro atoms. The molecule has 1 aromatic rings. The summed E-state index contributed by atoms with van der Waals surface area (Å²) in [6, 6.07) is 8.59. The number of carbonyl (C=O) groups excluding carboxylic acids is 2. The first-order chi connectivity index (χ1) is 15.5. The SMILES string of the molecule is CN=C(NCc1cccc(CN2CCCC(C(N)=O)C2)c1)N1CCC(CC(=O)NC)CC1. The second-order valence-electron chi connectivity index (χ2n) is 9.01. The predicted molar refractivity (Wildman–Crippen MR) is 127 cm³/mol. The number of nitrogens with one attached hydrogen (secondary N) is 2. The number of rotatable bonds is 7. The van der Waals surface area contributed by atoms with Gasteiger partial charge in [0.15, 0.2) is 5.96 Å². The first-order valence-corrected chi connectivity index (χ1v) is 11.7. The third-order valence-corrected chi connectivity index (χ3v) is 6.63. The topological polar surface area (TPSA) is 103 Å². The fraction of sp³-hybridized carbons (Fsp3) is 0.625. The van der Waals surface area contributed by atoms with Crippen LogP contribution in [0, 0.1) is 11.8 Å². The third-order valence-electron chi connectivity index (χ3n) is 6.63. The number of hydrogen-bond donors (Lipinski definition) is 3. The Bertz CT molecular complexity index is 803. The van der Waals surface area contributed by atoms with E-state index < -0.39 is 0 Å². The molecule has 2 amide bonds. The zero-order chi connectivity index (χ0) is 22.9. The lowest BCUT2D eigenvalue weighted by Gasteiger charge is -2.34. The summed E-state index contributed by atoms with van der Waals surface area (Å²) < 4.78 is 0. The van der Waals surface area contributed by atoms with Crippen LogP contribution in [0.1, 0.15) is 43.2 Å². The van der Waals surface area contributed by atoms with Gasteiger partial charge in [-0.15, -0.1) is 0 Å².